The number of hydrogen-bond acceptors (Lipinski definition) is 4. The Hall–Kier alpha value is -3.45. The van der Waals surface area contributed by atoms with Crippen LogP contribution in [0.2, 0.25) is 0 Å². The summed E-state index contributed by atoms with van der Waals surface area (Å²) in [5.41, 5.74) is 8.74. The van der Waals surface area contributed by atoms with Crippen LogP contribution in [0.1, 0.15) is 87.5 Å². The number of hydrogen-bond donors (Lipinski definition) is 4. The van der Waals surface area contributed by atoms with E-state index in [1.807, 2.05) is 31.2 Å². The van der Waals surface area contributed by atoms with Gasteiger partial charge in [0.1, 0.15) is 5.82 Å². The quantitative estimate of drug-likeness (QED) is 0.192. The number of imidazole rings is 1. The molecule has 1 aliphatic heterocycles. The molecule has 4 N–H and O–H groups in total. The maximum Gasteiger partial charge on any atom is 0.270 e. The van der Waals surface area contributed by atoms with E-state index in [4.69, 9.17) is 0 Å². The minimum Gasteiger partial charge on any atom is -0.387 e. The van der Waals surface area contributed by atoms with Crippen LogP contribution < -0.4 is 16.0 Å². The van der Waals surface area contributed by atoms with Crippen LogP contribution in [0.25, 0.3) is 16.7 Å². The topological polar surface area (TPSA) is 64.8 Å². The smallest absolute Gasteiger partial charge is 0.270 e. The Morgan fingerprint density at radius 1 is 1.02 bits per heavy atom. The average Bonchev–Trinajstić information content (AvgIpc) is 3.59. The van der Waals surface area contributed by atoms with E-state index in [9.17, 15) is 0 Å². The fourth-order valence-electron chi connectivity index (χ4n) is 6.26. The van der Waals surface area contributed by atoms with Gasteiger partial charge in [0.05, 0.1) is 23.6 Å². The Labute approximate surface area is 242 Å². The molecule has 2 aromatic carbocycles. The first-order chi connectivity index (χ1) is 19.3. The largest absolute Gasteiger partial charge is 0.387 e. The average molecular weight is 560 g/mol. The monoisotopic (exact) mass is 559 g/mol. The molecule has 0 bridgehead atoms. The first kappa shape index (κ1) is 29.1. The van der Waals surface area contributed by atoms with Crippen LogP contribution in [-0.2, 0) is 12.5 Å². The SMILES string of the molecule is C=C(CC(C)(C)C)NCC1NC(c2ccc(C(=C)NCc3nc4ccc(C)cc4[nH]3)cc2C(C)(F)F)C2=C1CCC2. The van der Waals surface area contributed by atoms with Crippen molar-refractivity contribution in [3.63, 3.8) is 0 Å². The number of aromatic amines is 1. The maximum atomic E-state index is 15.1. The number of allylic oxidation sites excluding steroid dienone is 1. The second-order valence-corrected chi connectivity index (χ2v) is 13.0. The van der Waals surface area contributed by atoms with E-state index in [0.717, 1.165) is 60.7 Å². The molecule has 1 aromatic heterocycles. The van der Waals surface area contributed by atoms with Crippen LogP contribution in [0.4, 0.5) is 8.78 Å². The normalized spacial score (nSPS) is 19.1. The molecule has 3 aromatic rings. The lowest BCUT2D eigenvalue weighted by atomic mass is 9.90. The molecule has 0 spiro atoms. The van der Waals surface area contributed by atoms with E-state index in [-0.39, 0.29) is 23.1 Å². The van der Waals surface area contributed by atoms with Crippen molar-refractivity contribution >= 4 is 16.7 Å². The summed E-state index contributed by atoms with van der Waals surface area (Å²) in [6.07, 6.45) is 3.90. The maximum absolute atomic E-state index is 15.1. The first-order valence-electron chi connectivity index (χ1n) is 14.6. The van der Waals surface area contributed by atoms with Crippen molar-refractivity contribution in [3.8, 4) is 0 Å². The number of H-pyrrole nitrogens is 1. The van der Waals surface area contributed by atoms with E-state index < -0.39 is 5.92 Å². The molecule has 0 saturated carbocycles. The molecule has 2 heterocycles. The van der Waals surface area contributed by atoms with Crippen molar-refractivity contribution in [2.45, 2.75) is 84.9 Å². The van der Waals surface area contributed by atoms with Crippen LogP contribution >= 0.6 is 0 Å². The summed E-state index contributed by atoms with van der Waals surface area (Å²) >= 11 is 0. The third-order valence-electron chi connectivity index (χ3n) is 8.08. The van der Waals surface area contributed by atoms with Gasteiger partial charge in [-0.1, -0.05) is 57.7 Å². The van der Waals surface area contributed by atoms with Gasteiger partial charge in [0.15, 0.2) is 0 Å². The number of nitrogens with zero attached hydrogens (tertiary/aromatic N) is 1. The zero-order valence-corrected chi connectivity index (χ0v) is 25.0. The van der Waals surface area contributed by atoms with Crippen LogP contribution in [0.5, 0.6) is 0 Å². The van der Waals surface area contributed by atoms with Crippen molar-refractivity contribution < 1.29 is 8.78 Å². The third kappa shape index (κ3) is 6.56. The van der Waals surface area contributed by atoms with E-state index in [2.05, 4.69) is 65.9 Å². The molecule has 0 amide bonds. The summed E-state index contributed by atoms with van der Waals surface area (Å²) in [6.45, 7) is 19.1. The summed E-state index contributed by atoms with van der Waals surface area (Å²) < 4.78 is 30.3. The number of halogens is 2. The Balaban J connectivity index is 1.32. The molecule has 41 heavy (non-hydrogen) atoms. The number of alkyl halides is 2. The number of aromatic nitrogens is 2. The molecule has 5 nitrogen and oxygen atoms in total. The summed E-state index contributed by atoms with van der Waals surface area (Å²) in [5, 5.41) is 10.5. The van der Waals surface area contributed by atoms with Gasteiger partial charge < -0.3 is 15.6 Å². The minimum atomic E-state index is -3.00. The van der Waals surface area contributed by atoms with Crippen molar-refractivity contribution in [3.05, 3.63) is 94.5 Å². The van der Waals surface area contributed by atoms with Gasteiger partial charge >= 0.3 is 0 Å². The second-order valence-electron chi connectivity index (χ2n) is 13.0. The van der Waals surface area contributed by atoms with Gasteiger partial charge in [0.25, 0.3) is 5.92 Å². The number of fused-ring (bicyclic) bond motifs is 1. The molecule has 2 aliphatic rings. The Kier molecular flexibility index (Phi) is 7.86. The van der Waals surface area contributed by atoms with E-state index in [0.29, 0.717) is 29.9 Å². The highest BCUT2D eigenvalue weighted by atomic mass is 19.3. The van der Waals surface area contributed by atoms with Gasteiger partial charge in [-0.3, -0.25) is 5.32 Å². The number of nitrogens with one attached hydrogen (secondary N) is 4. The van der Waals surface area contributed by atoms with Gasteiger partial charge in [-0.2, -0.15) is 0 Å². The molecule has 2 atom stereocenters. The first-order valence-corrected chi connectivity index (χ1v) is 14.6. The molecular formula is C34H43F2N5. The number of aryl methyl sites for hydroxylation is 1. The standard InChI is InChI=1S/C34H43F2N5/c1-20-11-14-28-29(15-20)40-31(39-28)19-38-22(3)23-12-13-26(27(16-23)34(7,35)36)32-25-10-8-9-24(25)30(41-32)18-37-21(2)17-33(4,5)6/h11-16,30,32,37-38,41H,2-3,8-10,17-19H2,1,4-7H3,(H,39,40). The van der Waals surface area contributed by atoms with Crippen LogP contribution in [0.3, 0.4) is 0 Å². The summed E-state index contributed by atoms with van der Waals surface area (Å²) in [7, 11) is 0. The van der Waals surface area contributed by atoms with Crippen LogP contribution in [0.15, 0.2) is 66.4 Å². The Morgan fingerprint density at radius 3 is 2.51 bits per heavy atom. The highest BCUT2D eigenvalue weighted by molar-refractivity contribution is 5.75. The number of benzene rings is 2. The fraction of sp³-hybridized carbons (Fsp3) is 0.441. The third-order valence-corrected chi connectivity index (χ3v) is 8.08. The summed E-state index contributed by atoms with van der Waals surface area (Å²) in [6, 6.07) is 11.3. The van der Waals surface area contributed by atoms with Gasteiger partial charge in [-0.25, -0.2) is 13.8 Å². The van der Waals surface area contributed by atoms with Crippen molar-refractivity contribution in [1.29, 1.82) is 0 Å². The van der Waals surface area contributed by atoms with Gasteiger partial charge in [0.2, 0.25) is 0 Å². The van der Waals surface area contributed by atoms with Crippen LogP contribution in [-0.4, -0.2) is 22.6 Å². The lowest BCUT2D eigenvalue weighted by Crippen LogP contribution is -2.38. The van der Waals surface area contributed by atoms with E-state index in [1.165, 1.54) is 11.1 Å². The van der Waals surface area contributed by atoms with Crippen molar-refractivity contribution in [2.24, 2.45) is 5.41 Å². The van der Waals surface area contributed by atoms with E-state index in [1.54, 1.807) is 6.07 Å². The highest BCUT2D eigenvalue weighted by Gasteiger charge is 2.39. The molecule has 7 heteroatoms. The summed E-state index contributed by atoms with van der Waals surface area (Å²) in [4.78, 5) is 7.94. The number of rotatable bonds is 10. The molecular weight excluding hydrogens is 516 g/mol. The zero-order valence-electron chi connectivity index (χ0n) is 25.0. The van der Waals surface area contributed by atoms with Crippen molar-refractivity contribution in [2.75, 3.05) is 6.54 Å². The van der Waals surface area contributed by atoms with Crippen molar-refractivity contribution in [1.82, 2.24) is 25.9 Å². The fourth-order valence-corrected chi connectivity index (χ4v) is 6.26. The lowest BCUT2D eigenvalue weighted by molar-refractivity contribution is 0.0161. The molecule has 0 radical (unpaired) electrons. The Bertz CT molecular complexity index is 1500. The zero-order chi connectivity index (χ0) is 29.5. The molecule has 1 aliphatic carbocycles. The molecule has 218 valence electrons. The van der Waals surface area contributed by atoms with Gasteiger partial charge in [-0.15, -0.1) is 0 Å². The second kappa shape index (κ2) is 11.1. The molecule has 0 saturated heterocycles. The predicted molar refractivity (Wildman–Crippen MR) is 164 cm³/mol. The molecule has 2 unspecified atom stereocenters. The highest BCUT2D eigenvalue weighted by Crippen LogP contribution is 2.45. The molecule has 0 fully saturated rings. The predicted octanol–water partition coefficient (Wildman–Crippen LogP) is 7.78. The molecule has 5 rings (SSSR count). The van der Waals surface area contributed by atoms with Gasteiger partial charge in [-0.05, 0) is 78.5 Å². The lowest BCUT2D eigenvalue weighted by Gasteiger charge is -2.26. The minimum absolute atomic E-state index is 0.0409. The van der Waals surface area contributed by atoms with Crippen LogP contribution in [0, 0.1) is 12.3 Å². The Morgan fingerprint density at radius 2 is 1.78 bits per heavy atom. The van der Waals surface area contributed by atoms with Gasteiger partial charge in [0, 0.05) is 36.5 Å². The van der Waals surface area contributed by atoms with E-state index >= 15 is 8.78 Å². The summed E-state index contributed by atoms with van der Waals surface area (Å²) in [5.74, 6) is -2.23.